The molecule has 0 aliphatic heterocycles. The molecular weight excluding hydrogens is 721 g/mol. The van der Waals surface area contributed by atoms with Gasteiger partial charge in [0.2, 0.25) is 0 Å². The molecular formula is C54H36N4O. The molecule has 12 rings (SSSR count). The highest BCUT2D eigenvalue weighted by Gasteiger charge is 2.37. The quantitative estimate of drug-likeness (QED) is 0.175. The van der Waals surface area contributed by atoms with E-state index in [1.54, 1.807) is 0 Å². The topological polar surface area (TPSA) is 56.7 Å². The molecule has 0 atom stereocenters. The fourth-order valence-electron chi connectivity index (χ4n) is 9.26. The molecule has 0 spiro atoms. The van der Waals surface area contributed by atoms with Gasteiger partial charge in [0.05, 0.1) is 23.5 Å². The number of fused-ring (bicyclic) bond motifs is 9. The zero-order valence-corrected chi connectivity index (χ0v) is 32.1. The lowest BCUT2D eigenvalue weighted by Crippen LogP contribution is -2.14. The van der Waals surface area contributed by atoms with Crippen molar-refractivity contribution in [3.63, 3.8) is 0 Å². The lowest BCUT2D eigenvalue weighted by molar-refractivity contribution is 0.660. The maximum atomic E-state index is 9.09. The number of furan rings is 1. The number of hydrogen-bond acceptors (Lipinski definition) is 4. The summed E-state index contributed by atoms with van der Waals surface area (Å²) in [5.74, 6) is 0.479. The standard InChI is InChI=1S/C54H36N4O/c1-54(2)44-27-12-9-23-40(44)48-41(26-16-28-45(48)54)52-55-51(34-19-7-4-8-20-34)56-53(57-52)43-32-35(58-46-29-13-10-21-37(46)38-22-11-14-30-47(38)58)31-42-39-25-15-24-36(49(39)59-50(42)43)33-17-5-3-6-18-33/h3-32H,1-2H3/i4D,7D,8D,19D,20D. The van der Waals surface area contributed by atoms with Crippen LogP contribution in [0.1, 0.15) is 31.8 Å². The molecule has 59 heavy (non-hydrogen) atoms. The Morgan fingerprint density at radius 1 is 0.475 bits per heavy atom. The minimum Gasteiger partial charge on any atom is -0.455 e. The van der Waals surface area contributed by atoms with E-state index in [2.05, 4.69) is 109 Å². The van der Waals surface area contributed by atoms with Gasteiger partial charge in [-0.05, 0) is 52.1 Å². The Morgan fingerprint density at radius 3 is 1.83 bits per heavy atom. The van der Waals surface area contributed by atoms with Crippen LogP contribution in [0.2, 0.25) is 0 Å². The van der Waals surface area contributed by atoms with E-state index in [9.17, 15) is 0 Å². The monoisotopic (exact) mass is 761 g/mol. The summed E-state index contributed by atoms with van der Waals surface area (Å²) in [5.41, 5.74) is 11.2. The van der Waals surface area contributed by atoms with Gasteiger partial charge in [0.25, 0.3) is 0 Å². The molecule has 0 bridgehead atoms. The smallest absolute Gasteiger partial charge is 0.167 e. The first-order valence-corrected chi connectivity index (χ1v) is 19.7. The van der Waals surface area contributed by atoms with Gasteiger partial charge in [-0.15, -0.1) is 0 Å². The Kier molecular flexibility index (Phi) is 6.18. The summed E-state index contributed by atoms with van der Waals surface area (Å²) in [6.45, 7) is 4.42. The summed E-state index contributed by atoms with van der Waals surface area (Å²) in [6.07, 6.45) is 0. The maximum Gasteiger partial charge on any atom is 0.167 e. The molecule has 1 aliphatic rings. The van der Waals surface area contributed by atoms with Crippen molar-refractivity contribution in [1.29, 1.82) is 0 Å². The second-order valence-electron chi connectivity index (χ2n) is 15.6. The van der Waals surface area contributed by atoms with Crippen molar-refractivity contribution >= 4 is 43.7 Å². The van der Waals surface area contributed by atoms with Gasteiger partial charge in [-0.1, -0.05) is 171 Å². The van der Waals surface area contributed by atoms with Crippen molar-refractivity contribution in [2.24, 2.45) is 0 Å². The second-order valence-corrected chi connectivity index (χ2v) is 15.6. The molecule has 0 saturated heterocycles. The van der Waals surface area contributed by atoms with Gasteiger partial charge >= 0.3 is 0 Å². The normalized spacial score (nSPS) is 14.2. The average molecular weight is 762 g/mol. The van der Waals surface area contributed by atoms with Crippen LogP contribution < -0.4 is 0 Å². The third-order valence-corrected chi connectivity index (χ3v) is 12.0. The highest BCUT2D eigenvalue weighted by Crippen LogP contribution is 2.52. The van der Waals surface area contributed by atoms with Crippen LogP contribution in [0.3, 0.4) is 0 Å². The minimum absolute atomic E-state index is 0.0448. The van der Waals surface area contributed by atoms with Gasteiger partial charge in [-0.2, -0.15) is 0 Å². The molecule has 5 heteroatoms. The Bertz CT molecular complexity index is 3700. The van der Waals surface area contributed by atoms with Crippen LogP contribution in [0.25, 0.3) is 106 Å². The second kappa shape index (κ2) is 12.7. The molecule has 3 aromatic heterocycles. The Balaban J connectivity index is 1.22. The lowest BCUT2D eigenvalue weighted by Gasteiger charge is -2.21. The predicted octanol–water partition coefficient (Wildman–Crippen LogP) is 13.8. The zero-order valence-electron chi connectivity index (χ0n) is 37.1. The van der Waals surface area contributed by atoms with Crippen molar-refractivity contribution < 1.29 is 11.3 Å². The highest BCUT2D eigenvalue weighted by atomic mass is 16.3. The van der Waals surface area contributed by atoms with Gasteiger partial charge in [0.15, 0.2) is 17.5 Å². The van der Waals surface area contributed by atoms with Crippen LogP contribution >= 0.6 is 0 Å². The third kappa shape index (κ3) is 5.01. The minimum atomic E-state index is -0.495. The SMILES string of the molecule is [2H]c1c([2H])c([2H])c(-c2nc(-c3cccc4c3-c3ccccc3C4(C)C)nc(-c3cc(-n4c5ccccc5c5ccccc54)cc4c3oc3c(-c5ccccc5)cccc34)n2)c([2H])c1[2H]. The molecule has 8 aromatic carbocycles. The van der Waals surface area contributed by atoms with E-state index in [0.717, 1.165) is 71.6 Å². The summed E-state index contributed by atoms with van der Waals surface area (Å²) in [4.78, 5) is 15.4. The average Bonchev–Trinajstić information content (AvgIpc) is 3.96. The van der Waals surface area contributed by atoms with Crippen LogP contribution in [-0.4, -0.2) is 19.5 Å². The highest BCUT2D eigenvalue weighted by molar-refractivity contribution is 6.15. The maximum absolute atomic E-state index is 9.09. The lowest BCUT2D eigenvalue weighted by atomic mass is 9.82. The van der Waals surface area contributed by atoms with Crippen LogP contribution in [0.5, 0.6) is 0 Å². The molecule has 0 saturated carbocycles. The van der Waals surface area contributed by atoms with Crippen molar-refractivity contribution in [1.82, 2.24) is 19.5 Å². The van der Waals surface area contributed by atoms with Crippen LogP contribution in [0.15, 0.2) is 186 Å². The van der Waals surface area contributed by atoms with Crippen molar-refractivity contribution in [3.8, 4) is 62.1 Å². The molecule has 0 unspecified atom stereocenters. The summed E-state index contributed by atoms with van der Waals surface area (Å²) in [5, 5.41) is 3.95. The van der Waals surface area contributed by atoms with Crippen molar-refractivity contribution in [2.75, 3.05) is 0 Å². The molecule has 1 aliphatic carbocycles. The summed E-state index contributed by atoms with van der Waals surface area (Å²) < 4.78 is 53.2. The first-order chi connectivity index (χ1) is 31.1. The molecule has 0 radical (unpaired) electrons. The van der Waals surface area contributed by atoms with Gasteiger partial charge < -0.3 is 8.98 Å². The number of aromatic nitrogens is 4. The fraction of sp³-hybridized carbons (Fsp3) is 0.0556. The van der Waals surface area contributed by atoms with Crippen LogP contribution in [0.4, 0.5) is 0 Å². The first-order valence-electron chi connectivity index (χ1n) is 22.2. The van der Waals surface area contributed by atoms with Crippen LogP contribution in [-0.2, 0) is 5.41 Å². The molecule has 5 nitrogen and oxygen atoms in total. The fourth-order valence-corrected chi connectivity index (χ4v) is 9.26. The molecule has 3 heterocycles. The predicted molar refractivity (Wildman–Crippen MR) is 241 cm³/mol. The zero-order chi connectivity index (χ0) is 43.6. The molecule has 0 amide bonds. The molecule has 278 valence electrons. The Labute approximate surface area is 347 Å². The van der Waals surface area contributed by atoms with Crippen molar-refractivity contribution in [2.45, 2.75) is 19.3 Å². The van der Waals surface area contributed by atoms with Gasteiger partial charge in [0.1, 0.15) is 11.2 Å². The Morgan fingerprint density at radius 2 is 1.05 bits per heavy atom. The molecule has 11 aromatic rings. The van der Waals surface area contributed by atoms with E-state index < -0.39 is 30.2 Å². The van der Waals surface area contributed by atoms with E-state index in [-0.39, 0.29) is 22.6 Å². The number of hydrogen-bond donors (Lipinski definition) is 0. The van der Waals surface area contributed by atoms with Gasteiger partial charge in [0, 0.05) is 49.3 Å². The van der Waals surface area contributed by atoms with Gasteiger partial charge in [-0.25, -0.2) is 15.0 Å². The van der Waals surface area contributed by atoms with E-state index in [0.29, 0.717) is 22.6 Å². The molecule has 0 fully saturated rings. The van der Waals surface area contributed by atoms with E-state index >= 15 is 0 Å². The number of benzene rings is 8. The van der Waals surface area contributed by atoms with Crippen molar-refractivity contribution in [3.05, 3.63) is 193 Å². The molecule has 0 N–H and O–H groups in total. The largest absolute Gasteiger partial charge is 0.455 e. The number of nitrogens with zero attached hydrogens (tertiary/aromatic N) is 4. The van der Waals surface area contributed by atoms with E-state index in [4.69, 9.17) is 26.2 Å². The Hall–Kier alpha value is -7.63. The van der Waals surface area contributed by atoms with Gasteiger partial charge in [-0.3, -0.25) is 0 Å². The van der Waals surface area contributed by atoms with E-state index in [1.165, 1.54) is 5.56 Å². The van der Waals surface area contributed by atoms with E-state index in [1.807, 2.05) is 60.7 Å². The number of para-hydroxylation sites is 3. The van der Waals surface area contributed by atoms with Crippen LogP contribution in [0, 0.1) is 0 Å². The third-order valence-electron chi connectivity index (χ3n) is 12.0. The summed E-state index contributed by atoms with van der Waals surface area (Å²) in [6, 6.07) is 49.4. The number of rotatable bonds is 5. The summed E-state index contributed by atoms with van der Waals surface area (Å²) in [7, 11) is 0. The first kappa shape index (κ1) is 28.7. The summed E-state index contributed by atoms with van der Waals surface area (Å²) >= 11 is 0.